The van der Waals surface area contributed by atoms with Crippen LogP contribution in [0.1, 0.15) is 5.56 Å². The van der Waals surface area contributed by atoms with Crippen LogP contribution in [-0.4, -0.2) is 32.7 Å². The molecule has 16 heavy (non-hydrogen) atoms. The third-order valence-electron chi connectivity index (χ3n) is 3.28. The minimum absolute atomic E-state index is 0. The fourth-order valence-electron chi connectivity index (χ4n) is 2.41. The van der Waals surface area contributed by atoms with Crippen LogP contribution in [0.25, 0.3) is 0 Å². The van der Waals surface area contributed by atoms with Gasteiger partial charge in [-0.15, -0.1) is 12.4 Å². The summed E-state index contributed by atoms with van der Waals surface area (Å²) in [6, 6.07) is 6.81. The number of rotatable bonds is 1. The molecule has 0 bridgehead atoms. The minimum Gasteiger partial charge on any atom is -0.384 e. The highest BCUT2D eigenvalue weighted by Crippen LogP contribution is 2.27. The van der Waals surface area contributed by atoms with Gasteiger partial charge in [0.2, 0.25) is 0 Å². The number of nitrogens with one attached hydrogen (secondary N) is 2. The molecule has 1 aromatic carbocycles. The van der Waals surface area contributed by atoms with Crippen molar-refractivity contribution in [2.24, 2.45) is 0 Å². The topological polar surface area (TPSA) is 27.3 Å². The molecule has 0 spiro atoms. The lowest BCUT2D eigenvalue weighted by Crippen LogP contribution is -2.43. The number of fused-ring (bicyclic) bond motifs is 1. The van der Waals surface area contributed by atoms with Crippen LogP contribution in [0.15, 0.2) is 18.2 Å². The highest BCUT2D eigenvalue weighted by atomic mass is 35.5. The summed E-state index contributed by atoms with van der Waals surface area (Å²) in [5.41, 5.74) is 4.19. The van der Waals surface area contributed by atoms with Crippen molar-refractivity contribution in [3.63, 3.8) is 0 Å². The monoisotopic (exact) mass is 239 g/mol. The summed E-state index contributed by atoms with van der Waals surface area (Å²) in [7, 11) is 0. The van der Waals surface area contributed by atoms with Gasteiger partial charge >= 0.3 is 0 Å². The van der Waals surface area contributed by atoms with Gasteiger partial charge in [0.25, 0.3) is 0 Å². The molecule has 2 aliphatic rings. The molecule has 2 heterocycles. The van der Waals surface area contributed by atoms with Crippen molar-refractivity contribution in [1.29, 1.82) is 0 Å². The van der Waals surface area contributed by atoms with Gasteiger partial charge in [0.1, 0.15) is 0 Å². The Labute approximate surface area is 103 Å². The van der Waals surface area contributed by atoms with Crippen LogP contribution in [0.2, 0.25) is 0 Å². The smallest absolute Gasteiger partial charge is 0.0375 e. The molecular formula is C12H18ClN3. The van der Waals surface area contributed by atoms with Gasteiger partial charge < -0.3 is 15.5 Å². The SMILES string of the molecule is Cl.c1cc2c(cc1N1CCNCC1)CCN2. The lowest BCUT2D eigenvalue weighted by molar-refractivity contribution is 0.589. The van der Waals surface area contributed by atoms with E-state index in [0.29, 0.717) is 0 Å². The highest BCUT2D eigenvalue weighted by Gasteiger charge is 2.14. The molecule has 0 radical (unpaired) electrons. The van der Waals surface area contributed by atoms with Gasteiger partial charge in [0, 0.05) is 44.1 Å². The first-order valence-corrected chi connectivity index (χ1v) is 5.76. The Morgan fingerprint density at radius 1 is 1.06 bits per heavy atom. The molecule has 3 nitrogen and oxygen atoms in total. The molecule has 0 aliphatic carbocycles. The van der Waals surface area contributed by atoms with Gasteiger partial charge in [0.15, 0.2) is 0 Å². The van der Waals surface area contributed by atoms with E-state index in [2.05, 4.69) is 33.7 Å². The molecule has 1 saturated heterocycles. The van der Waals surface area contributed by atoms with E-state index < -0.39 is 0 Å². The van der Waals surface area contributed by atoms with Crippen molar-refractivity contribution in [3.8, 4) is 0 Å². The van der Waals surface area contributed by atoms with Crippen molar-refractivity contribution in [3.05, 3.63) is 23.8 Å². The average Bonchev–Trinajstić information content (AvgIpc) is 2.77. The van der Waals surface area contributed by atoms with Gasteiger partial charge in [-0.2, -0.15) is 0 Å². The van der Waals surface area contributed by atoms with Crippen LogP contribution in [0.5, 0.6) is 0 Å². The normalized spacial score (nSPS) is 18.6. The second-order valence-electron chi connectivity index (χ2n) is 4.26. The van der Waals surface area contributed by atoms with Crippen LogP contribution in [-0.2, 0) is 6.42 Å². The molecule has 4 heteroatoms. The largest absolute Gasteiger partial charge is 0.384 e. The van der Waals surface area contributed by atoms with Crippen LogP contribution in [0, 0.1) is 0 Å². The van der Waals surface area contributed by atoms with E-state index in [0.717, 1.165) is 32.7 Å². The molecule has 88 valence electrons. The number of anilines is 2. The lowest BCUT2D eigenvalue weighted by Gasteiger charge is -2.29. The van der Waals surface area contributed by atoms with E-state index in [1.54, 1.807) is 0 Å². The Kier molecular flexibility index (Phi) is 3.56. The molecule has 0 atom stereocenters. The molecular weight excluding hydrogens is 222 g/mol. The van der Waals surface area contributed by atoms with E-state index >= 15 is 0 Å². The van der Waals surface area contributed by atoms with E-state index in [4.69, 9.17) is 0 Å². The van der Waals surface area contributed by atoms with Crippen LogP contribution >= 0.6 is 12.4 Å². The number of piperazine rings is 1. The number of hydrogen-bond acceptors (Lipinski definition) is 3. The molecule has 2 aliphatic heterocycles. The minimum atomic E-state index is 0. The van der Waals surface area contributed by atoms with Gasteiger partial charge in [-0.3, -0.25) is 0 Å². The van der Waals surface area contributed by atoms with Gasteiger partial charge in [0.05, 0.1) is 0 Å². The van der Waals surface area contributed by atoms with E-state index in [1.807, 2.05) is 0 Å². The maximum absolute atomic E-state index is 3.40. The zero-order chi connectivity index (χ0) is 10.1. The Balaban J connectivity index is 0.000000963. The van der Waals surface area contributed by atoms with Crippen LogP contribution < -0.4 is 15.5 Å². The van der Waals surface area contributed by atoms with Crippen LogP contribution in [0.4, 0.5) is 11.4 Å². The van der Waals surface area contributed by atoms with Gasteiger partial charge in [-0.1, -0.05) is 0 Å². The second-order valence-corrected chi connectivity index (χ2v) is 4.26. The summed E-state index contributed by atoms with van der Waals surface area (Å²) in [6.45, 7) is 5.57. The number of halogens is 1. The first-order chi connectivity index (χ1) is 7.43. The van der Waals surface area contributed by atoms with Gasteiger partial charge in [-0.05, 0) is 30.2 Å². The molecule has 2 N–H and O–H groups in total. The zero-order valence-electron chi connectivity index (χ0n) is 9.33. The third kappa shape index (κ3) is 2.11. The molecule has 0 amide bonds. The summed E-state index contributed by atoms with van der Waals surface area (Å²) in [4.78, 5) is 2.47. The third-order valence-corrected chi connectivity index (χ3v) is 3.28. The maximum Gasteiger partial charge on any atom is 0.0375 e. The summed E-state index contributed by atoms with van der Waals surface area (Å²) in [5.74, 6) is 0. The number of benzene rings is 1. The van der Waals surface area contributed by atoms with Crippen molar-refractivity contribution < 1.29 is 0 Å². The number of hydrogen-bond donors (Lipinski definition) is 2. The Bertz CT molecular complexity index is 361. The predicted molar refractivity (Wildman–Crippen MR) is 71.0 cm³/mol. The lowest BCUT2D eigenvalue weighted by atomic mass is 10.1. The number of nitrogens with zero attached hydrogens (tertiary/aromatic N) is 1. The summed E-state index contributed by atoms with van der Waals surface area (Å²) >= 11 is 0. The summed E-state index contributed by atoms with van der Waals surface area (Å²) in [6.07, 6.45) is 1.18. The van der Waals surface area contributed by atoms with Crippen molar-refractivity contribution in [2.75, 3.05) is 42.9 Å². The maximum atomic E-state index is 3.40. The standard InChI is InChI=1S/C12H17N3.ClH/c1-2-12-10(3-4-14-12)9-11(1)15-7-5-13-6-8-15;/h1-2,9,13-14H,3-8H2;1H. The Hall–Kier alpha value is -0.930. The summed E-state index contributed by atoms with van der Waals surface area (Å²) < 4.78 is 0. The second kappa shape index (κ2) is 4.93. The Morgan fingerprint density at radius 2 is 1.88 bits per heavy atom. The zero-order valence-corrected chi connectivity index (χ0v) is 10.1. The Morgan fingerprint density at radius 3 is 2.69 bits per heavy atom. The molecule has 1 aromatic rings. The van der Waals surface area contributed by atoms with E-state index in [-0.39, 0.29) is 12.4 Å². The van der Waals surface area contributed by atoms with E-state index in [9.17, 15) is 0 Å². The van der Waals surface area contributed by atoms with Crippen molar-refractivity contribution in [2.45, 2.75) is 6.42 Å². The first kappa shape index (κ1) is 11.6. The molecule has 0 unspecified atom stereocenters. The van der Waals surface area contributed by atoms with Crippen molar-refractivity contribution >= 4 is 23.8 Å². The molecule has 1 fully saturated rings. The highest BCUT2D eigenvalue weighted by molar-refractivity contribution is 5.85. The fourth-order valence-corrected chi connectivity index (χ4v) is 2.41. The van der Waals surface area contributed by atoms with Gasteiger partial charge in [-0.25, -0.2) is 0 Å². The quantitative estimate of drug-likeness (QED) is 0.778. The predicted octanol–water partition coefficient (Wildman–Crippen LogP) is 1.49. The van der Waals surface area contributed by atoms with Crippen molar-refractivity contribution in [1.82, 2.24) is 5.32 Å². The van der Waals surface area contributed by atoms with E-state index in [1.165, 1.54) is 23.4 Å². The molecule has 3 rings (SSSR count). The molecule has 0 saturated carbocycles. The average molecular weight is 240 g/mol. The van der Waals surface area contributed by atoms with Crippen LogP contribution in [0.3, 0.4) is 0 Å². The fraction of sp³-hybridized carbons (Fsp3) is 0.500. The molecule has 0 aromatic heterocycles. The first-order valence-electron chi connectivity index (χ1n) is 5.76. The summed E-state index contributed by atoms with van der Waals surface area (Å²) in [5, 5.41) is 6.78.